The Morgan fingerprint density at radius 1 is 1.43 bits per heavy atom. The van der Waals surface area contributed by atoms with Crippen molar-refractivity contribution in [2.75, 3.05) is 6.54 Å². The van der Waals surface area contributed by atoms with Crippen LogP contribution < -0.4 is 5.73 Å². The van der Waals surface area contributed by atoms with E-state index in [0.717, 1.165) is 36.8 Å². The van der Waals surface area contributed by atoms with Crippen molar-refractivity contribution in [2.24, 2.45) is 10.9 Å². The molecule has 0 spiro atoms. The zero-order valence-corrected chi connectivity index (χ0v) is 12.5. The van der Waals surface area contributed by atoms with Gasteiger partial charge in [0.15, 0.2) is 5.84 Å². The second-order valence-electron chi connectivity index (χ2n) is 5.72. The van der Waals surface area contributed by atoms with Gasteiger partial charge in [0.25, 0.3) is 0 Å². The third-order valence-electron chi connectivity index (χ3n) is 3.98. The molecule has 1 aromatic carbocycles. The molecular weight excluding hydrogens is 266 g/mol. The van der Waals surface area contributed by atoms with Crippen LogP contribution in [0.4, 0.5) is 0 Å². The van der Waals surface area contributed by atoms with Gasteiger partial charge >= 0.3 is 0 Å². The maximum absolute atomic E-state index is 12.6. The van der Waals surface area contributed by atoms with E-state index in [4.69, 9.17) is 10.9 Å². The predicted octanol–water partition coefficient (Wildman–Crippen LogP) is 2.06. The molecule has 2 rings (SSSR count). The molecule has 1 amide bonds. The molecule has 0 radical (unpaired) electrons. The third kappa shape index (κ3) is 4.21. The third-order valence-corrected chi connectivity index (χ3v) is 3.98. The van der Waals surface area contributed by atoms with Crippen molar-refractivity contribution in [3.63, 3.8) is 0 Å². The Labute approximate surface area is 125 Å². The van der Waals surface area contributed by atoms with Crippen molar-refractivity contribution in [1.29, 1.82) is 0 Å². The topological polar surface area (TPSA) is 78.9 Å². The second kappa shape index (κ2) is 7.11. The number of nitrogens with zero attached hydrogens (tertiary/aromatic N) is 2. The molecule has 5 nitrogen and oxygen atoms in total. The Kier molecular flexibility index (Phi) is 5.20. The first kappa shape index (κ1) is 15.4. The molecule has 5 heteroatoms. The zero-order valence-electron chi connectivity index (χ0n) is 12.5. The first-order chi connectivity index (χ1) is 10.1. The molecule has 0 aromatic heterocycles. The van der Waals surface area contributed by atoms with E-state index in [1.807, 2.05) is 31.2 Å². The van der Waals surface area contributed by atoms with Crippen LogP contribution in [0.3, 0.4) is 0 Å². The summed E-state index contributed by atoms with van der Waals surface area (Å²) in [4.78, 5) is 14.4. The first-order valence-corrected chi connectivity index (χ1v) is 7.41. The summed E-state index contributed by atoms with van der Waals surface area (Å²) in [6.45, 7) is 2.21. The van der Waals surface area contributed by atoms with Crippen LogP contribution in [0, 0.1) is 6.92 Å². The molecule has 3 N–H and O–H groups in total. The summed E-state index contributed by atoms with van der Waals surface area (Å²) in [5.74, 6) is 0.124. The van der Waals surface area contributed by atoms with Crippen molar-refractivity contribution in [1.82, 2.24) is 4.90 Å². The summed E-state index contributed by atoms with van der Waals surface area (Å²) in [5, 5.41) is 11.8. The molecule has 1 saturated carbocycles. The van der Waals surface area contributed by atoms with Crippen LogP contribution >= 0.6 is 0 Å². The van der Waals surface area contributed by atoms with Crippen molar-refractivity contribution >= 4 is 11.7 Å². The summed E-state index contributed by atoms with van der Waals surface area (Å²) in [5.41, 5.74) is 7.75. The summed E-state index contributed by atoms with van der Waals surface area (Å²) < 4.78 is 0. The first-order valence-electron chi connectivity index (χ1n) is 7.41. The number of nitrogens with two attached hydrogens (primary N) is 1. The zero-order chi connectivity index (χ0) is 15.2. The van der Waals surface area contributed by atoms with Gasteiger partial charge in [-0.25, -0.2) is 0 Å². The van der Waals surface area contributed by atoms with E-state index < -0.39 is 0 Å². The van der Waals surface area contributed by atoms with Gasteiger partial charge in [-0.05, 0) is 25.3 Å². The largest absolute Gasteiger partial charge is 0.409 e. The summed E-state index contributed by atoms with van der Waals surface area (Å²) in [7, 11) is 0. The molecule has 114 valence electrons. The Balaban J connectivity index is 2.09. The number of carbonyl (C=O) groups excluding carboxylic acids is 1. The van der Waals surface area contributed by atoms with Gasteiger partial charge < -0.3 is 15.8 Å². The normalized spacial score (nSPS) is 16.1. The van der Waals surface area contributed by atoms with Gasteiger partial charge in [0, 0.05) is 6.04 Å². The fourth-order valence-electron chi connectivity index (χ4n) is 2.94. The lowest BCUT2D eigenvalue weighted by Gasteiger charge is -2.28. The average molecular weight is 289 g/mol. The Hall–Kier alpha value is -2.04. The lowest BCUT2D eigenvalue weighted by molar-refractivity contribution is -0.131. The Bertz CT molecular complexity index is 522. The fraction of sp³-hybridized carbons (Fsp3) is 0.500. The lowest BCUT2D eigenvalue weighted by atomic mass is 10.1. The minimum atomic E-state index is 0.0408. The van der Waals surface area contributed by atoms with E-state index in [0.29, 0.717) is 6.42 Å². The summed E-state index contributed by atoms with van der Waals surface area (Å²) in [6.07, 6.45) is 4.62. The molecule has 0 atom stereocenters. The van der Waals surface area contributed by atoms with Crippen molar-refractivity contribution < 1.29 is 10.0 Å². The van der Waals surface area contributed by atoms with Gasteiger partial charge in [-0.15, -0.1) is 0 Å². The quantitative estimate of drug-likeness (QED) is 0.377. The number of aryl methyl sites for hydroxylation is 1. The smallest absolute Gasteiger partial charge is 0.227 e. The van der Waals surface area contributed by atoms with Gasteiger partial charge in [-0.1, -0.05) is 47.8 Å². The predicted molar refractivity (Wildman–Crippen MR) is 82.3 cm³/mol. The van der Waals surface area contributed by atoms with Crippen molar-refractivity contribution in [3.05, 3.63) is 35.4 Å². The number of hydrogen-bond donors (Lipinski definition) is 2. The van der Waals surface area contributed by atoms with E-state index >= 15 is 0 Å². The fourth-order valence-corrected chi connectivity index (χ4v) is 2.94. The van der Waals surface area contributed by atoms with Crippen LogP contribution in [0.2, 0.25) is 0 Å². The van der Waals surface area contributed by atoms with Crippen LogP contribution in [0.25, 0.3) is 0 Å². The molecule has 1 aliphatic rings. The van der Waals surface area contributed by atoms with E-state index in [1.165, 1.54) is 0 Å². The van der Waals surface area contributed by atoms with Gasteiger partial charge in [0.05, 0.1) is 13.0 Å². The van der Waals surface area contributed by atoms with Crippen molar-refractivity contribution in [2.45, 2.75) is 45.1 Å². The summed E-state index contributed by atoms with van der Waals surface area (Å²) >= 11 is 0. The van der Waals surface area contributed by atoms with E-state index in [2.05, 4.69) is 5.16 Å². The van der Waals surface area contributed by atoms with Gasteiger partial charge in [-0.2, -0.15) is 0 Å². The van der Waals surface area contributed by atoms with Crippen LogP contribution in [-0.4, -0.2) is 34.4 Å². The van der Waals surface area contributed by atoms with Crippen LogP contribution in [0.15, 0.2) is 29.4 Å². The average Bonchev–Trinajstić information content (AvgIpc) is 2.98. The van der Waals surface area contributed by atoms with E-state index in [1.54, 1.807) is 4.90 Å². The maximum Gasteiger partial charge on any atom is 0.227 e. The molecule has 0 heterocycles. The highest BCUT2D eigenvalue weighted by atomic mass is 16.4. The number of benzene rings is 1. The van der Waals surface area contributed by atoms with E-state index in [-0.39, 0.29) is 24.3 Å². The highest BCUT2D eigenvalue weighted by Gasteiger charge is 2.27. The molecule has 0 bridgehead atoms. The number of carbonyl (C=O) groups is 1. The number of oxime groups is 1. The monoisotopic (exact) mass is 289 g/mol. The molecule has 21 heavy (non-hydrogen) atoms. The molecule has 0 saturated heterocycles. The highest BCUT2D eigenvalue weighted by molar-refractivity contribution is 5.88. The summed E-state index contributed by atoms with van der Waals surface area (Å²) in [6, 6.07) is 8.17. The minimum Gasteiger partial charge on any atom is -0.409 e. The number of amidine groups is 1. The van der Waals surface area contributed by atoms with E-state index in [9.17, 15) is 4.79 Å². The lowest BCUT2D eigenvalue weighted by Crippen LogP contribution is -2.45. The van der Waals surface area contributed by atoms with Crippen LogP contribution in [0.1, 0.15) is 36.8 Å². The van der Waals surface area contributed by atoms with Gasteiger partial charge in [-0.3, -0.25) is 4.79 Å². The van der Waals surface area contributed by atoms with Crippen LogP contribution in [0.5, 0.6) is 0 Å². The standard InChI is InChI=1S/C16H23N3O2/c1-12-5-4-6-13(9-12)10-16(20)19(11-15(17)18-21)14-7-2-3-8-14/h4-6,9,14,21H,2-3,7-8,10-11H2,1H3,(H2,17,18). The maximum atomic E-state index is 12.6. The van der Waals surface area contributed by atoms with Crippen LogP contribution in [-0.2, 0) is 11.2 Å². The molecule has 0 aliphatic heterocycles. The Morgan fingerprint density at radius 2 is 2.14 bits per heavy atom. The number of rotatable bonds is 5. The molecule has 1 aromatic rings. The highest BCUT2D eigenvalue weighted by Crippen LogP contribution is 2.24. The Morgan fingerprint density at radius 3 is 2.76 bits per heavy atom. The molecule has 0 unspecified atom stereocenters. The molecule has 1 aliphatic carbocycles. The van der Waals surface area contributed by atoms with Gasteiger partial charge in [0.2, 0.25) is 5.91 Å². The second-order valence-corrected chi connectivity index (χ2v) is 5.72. The van der Waals surface area contributed by atoms with Crippen molar-refractivity contribution in [3.8, 4) is 0 Å². The molecule has 1 fully saturated rings. The minimum absolute atomic E-state index is 0.0408. The number of hydrogen-bond acceptors (Lipinski definition) is 3. The number of amides is 1. The molecular formula is C16H23N3O2. The SMILES string of the molecule is Cc1cccc(CC(=O)N(CC(N)=NO)C2CCCC2)c1. The van der Waals surface area contributed by atoms with Gasteiger partial charge in [0.1, 0.15) is 0 Å².